The second kappa shape index (κ2) is 7.87. The molecule has 7 nitrogen and oxygen atoms in total. The Hall–Kier alpha value is -1.48. The Kier molecular flexibility index (Phi) is 5.90. The maximum absolute atomic E-state index is 13.0. The van der Waals surface area contributed by atoms with Crippen molar-refractivity contribution in [2.75, 3.05) is 19.6 Å². The molecule has 0 spiro atoms. The minimum Gasteiger partial charge on any atom is -0.312 e. The summed E-state index contributed by atoms with van der Waals surface area (Å²) in [7, 11) is -3.43. The number of hydrogen-bond donors (Lipinski definition) is 1. The summed E-state index contributed by atoms with van der Waals surface area (Å²) in [6.45, 7) is 7.57. The molecule has 0 unspecified atom stereocenters. The molecule has 0 amide bonds. The van der Waals surface area contributed by atoms with Crippen LogP contribution in [0.15, 0.2) is 23.1 Å². The number of hydrogen-bond acceptors (Lipinski definition) is 5. The number of fused-ring (bicyclic) bond motifs is 1. The molecule has 0 aliphatic carbocycles. The van der Waals surface area contributed by atoms with Crippen LogP contribution in [0.25, 0.3) is 0 Å². The first-order chi connectivity index (χ1) is 12.5. The van der Waals surface area contributed by atoms with Crippen LogP contribution in [-0.4, -0.2) is 47.1 Å². The summed E-state index contributed by atoms with van der Waals surface area (Å²) in [5, 5.41) is 12.0. The van der Waals surface area contributed by atoms with Crippen molar-refractivity contribution in [1.82, 2.24) is 24.4 Å². The summed E-state index contributed by atoms with van der Waals surface area (Å²) in [5.74, 6) is 2.28. The van der Waals surface area contributed by atoms with Crippen LogP contribution in [0.3, 0.4) is 0 Å². The third kappa shape index (κ3) is 3.76. The zero-order chi connectivity index (χ0) is 18.3. The predicted octanol–water partition coefficient (Wildman–Crippen LogP) is 1.99. The van der Waals surface area contributed by atoms with Crippen molar-refractivity contribution in [1.29, 1.82) is 0 Å². The smallest absolute Gasteiger partial charge is 0.243 e. The molecule has 9 heteroatoms. The first-order valence-electron chi connectivity index (χ1n) is 9.17. The van der Waals surface area contributed by atoms with E-state index in [9.17, 15) is 8.42 Å². The SMILES string of the molecule is Cc1ccc(S(=O)(=O)N2CCC(c3nnc4n3CCNC4)CC2)cc1C.Cl. The lowest BCUT2D eigenvalue weighted by Crippen LogP contribution is -2.38. The molecule has 1 N–H and O–H groups in total. The maximum atomic E-state index is 13.0. The Bertz CT molecular complexity index is 920. The van der Waals surface area contributed by atoms with Crippen molar-refractivity contribution in [3.05, 3.63) is 41.0 Å². The largest absolute Gasteiger partial charge is 0.312 e. The second-order valence-electron chi connectivity index (χ2n) is 7.23. The summed E-state index contributed by atoms with van der Waals surface area (Å²) >= 11 is 0. The molecular formula is C18H26ClN5O2S. The van der Waals surface area contributed by atoms with Crippen LogP contribution < -0.4 is 5.32 Å². The number of benzene rings is 1. The van der Waals surface area contributed by atoms with Gasteiger partial charge in [0.15, 0.2) is 0 Å². The van der Waals surface area contributed by atoms with Gasteiger partial charge in [-0.25, -0.2) is 8.42 Å². The number of aromatic nitrogens is 3. The Morgan fingerprint density at radius 3 is 2.52 bits per heavy atom. The summed E-state index contributed by atoms with van der Waals surface area (Å²) in [5.41, 5.74) is 2.11. The van der Waals surface area contributed by atoms with Crippen molar-refractivity contribution in [3.63, 3.8) is 0 Å². The van der Waals surface area contributed by atoms with E-state index in [4.69, 9.17) is 0 Å². The van der Waals surface area contributed by atoms with E-state index >= 15 is 0 Å². The lowest BCUT2D eigenvalue weighted by atomic mass is 9.97. The molecule has 4 rings (SSSR count). The van der Waals surface area contributed by atoms with Gasteiger partial charge in [0.25, 0.3) is 0 Å². The predicted molar refractivity (Wildman–Crippen MR) is 106 cm³/mol. The van der Waals surface area contributed by atoms with Gasteiger partial charge in [-0.1, -0.05) is 6.07 Å². The van der Waals surface area contributed by atoms with Crippen LogP contribution in [0, 0.1) is 13.8 Å². The van der Waals surface area contributed by atoms with E-state index in [1.54, 1.807) is 16.4 Å². The molecule has 0 radical (unpaired) electrons. The summed E-state index contributed by atoms with van der Waals surface area (Å²) in [6.07, 6.45) is 1.57. The van der Waals surface area contributed by atoms with Gasteiger partial charge in [0.1, 0.15) is 11.6 Å². The molecule has 3 heterocycles. The normalized spacial score (nSPS) is 18.7. The van der Waals surface area contributed by atoms with E-state index in [1.165, 1.54) is 0 Å². The van der Waals surface area contributed by atoms with E-state index in [2.05, 4.69) is 20.1 Å². The fourth-order valence-electron chi connectivity index (χ4n) is 3.79. The minimum absolute atomic E-state index is 0. The highest BCUT2D eigenvalue weighted by molar-refractivity contribution is 7.89. The molecule has 1 saturated heterocycles. The van der Waals surface area contributed by atoms with Gasteiger partial charge in [0.2, 0.25) is 10.0 Å². The average Bonchev–Trinajstić information content (AvgIpc) is 3.08. The third-order valence-electron chi connectivity index (χ3n) is 5.59. The molecule has 27 heavy (non-hydrogen) atoms. The quantitative estimate of drug-likeness (QED) is 0.835. The average molecular weight is 412 g/mol. The van der Waals surface area contributed by atoms with Gasteiger partial charge in [-0.15, -0.1) is 22.6 Å². The summed E-state index contributed by atoms with van der Waals surface area (Å²) in [6, 6.07) is 5.37. The lowest BCUT2D eigenvalue weighted by Gasteiger charge is -2.31. The van der Waals surface area contributed by atoms with E-state index in [0.717, 1.165) is 55.3 Å². The second-order valence-corrected chi connectivity index (χ2v) is 9.17. The number of aryl methyl sites for hydroxylation is 2. The van der Waals surface area contributed by atoms with Gasteiger partial charge in [0, 0.05) is 32.1 Å². The zero-order valence-electron chi connectivity index (χ0n) is 15.7. The van der Waals surface area contributed by atoms with Gasteiger partial charge in [-0.3, -0.25) is 0 Å². The fraction of sp³-hybridized carbons (Fsp3) is 0.556. The molecule has 0 bridgehead atoms. The molecule has 1 fully saturated rings. The minimum atomic E-state index is -3.43. The van der Waals surface area contributed by atoms with Crippen molar-refractivity contribution < 1.29 is 8.42 Å². The summed E-state index contributed by atoms with van der Waals surface area (Å²) < 4.78 is 29.7. The number of piperidine rings is 1. The molecule has 2 aliphatic heterocycles. The molecule has 1 aromatic carbocycles. The van der Waals surface area contributed by atoms with Gasteiger partial charge in [0.05, 0.1) is 11.4 Å². The Morgan fingerprint density at radius 2 is 1.81 bits per heavy atom. The highest BCUT2D eigenvalue weighted by atomic mass is 35.5. The van der Waals surface area contributed by atoms with Gasteiger partial charge in [-0.05, 0) is 49.9 Å². The number of nitrogens with one attached hydrogen (secondary N) is 1. The number of nitrogens with zero attached hydrogens (tertiary/aromatic N) is 4. The first-order valence-corrected chi connectivity index (χ1v) is 10.6. The van der Waals surface area contributed by atoms with Gasteiger partial charge >= 0.3 is 0 Å². The molecule has 148 valence electrons. The number of sulfonamides is 1. The van der Waals surface area contributed by atoms with Crippen LogP contribution in [-0.2, 0) is 23.1 Å². The zero-order valence-corrected chi connectivity index (χ0v) is 17.3. The van der Waals surface area contributed by atoms with E-state index < -0.39 is 10.0 Å². The Morgan fingerprint density at radius 1 is 1.07 bits per heavy atom. The van der Waals surface area contributed by atoms with Crippen molar-refractivity contribution in [3.8, 4) is 0 Å². The van der Waals surface area contributed by atoms with E-state index in [-0.39, 0.29) is 18.3 Å². The van der Waals surface area contributed by atoms with E-state index in [1.807, 2.05) is 19.9 Å². The number of halogens is 1. The molecule has 0 saturated carbocycles. The van der Waals surface area contributed by atoms with Crippen LogP contribution in [0.2, 0.25) is 0 Å². The first kappa shape index (κ1) is 20.3. The van der Waals surface area contributed by atoms with Gasteiger partial charge in [-0.2, -0.15) is 4.31 Å². The molecular weight excluding hydrogens is 386 g/mol. The van der Waals surface area contributed by atoms with Crippen LogP contribution in [0.5, 0.6) is 0 Å². The maximum Gasteiger partial charge on any atom is 0.243 e. The third-order valence-corrected chi connectivity index (χ3v) is 7.48. The standard InChI is InChI=1S/C18H25N5O2S.ClH/c1-13-3-4-16(11-14(13)2)26(24,25)22-8-5-15(6-9-22)18-21-20-17-12-19-7-10-23(17)18;/h3-4,11,15,19H,5-10,12H2,1-2H3;1H. The van der Waals surface area contributed by atoms with Crippen LogP contribution >= 0.6 is 12.4 Å². The summed E-state index contributed by atoms with van der Waals surface area (Å²) in [4.78, 5) is 0.394. The van der Waals surface area contributed by atoms with Gasteiger partial charge < -0.3 is 9.88 Å². The highest BCUT2D eigenvalue weighted by Gasteiger charge is 2.32. The highest BCUT2D eigenvalue weighted by Crippen LogP contribution is 2.31. The fourth-order valence-corrected chi connectivity index (χ4v) is 5.35. The van der Waals surface area contributed by atoms with Crippen molar-refractivity contribution >= 4 is 22.4 Å². The monoisotopic (exact) mass is 411 g/mol. The Labute approximate surface area is 166 Å². The molecule has 2 aromatic rings. The van der Waals surface area contributed by atoms with Crippen LogP contribution in [0.1, 0.15) is 41.5 Å². The van der Waals surface area contributed by atoms with Crippen molar-refractivity contribution in [2.24, 2.45) is 0 Å². The van der Waals surface area contributed by atoms with Crippen molar-refractivity contribution in [2.45, 2.75) is 50.6 Å². The Balaban J connectivity index is 0.00000210. The van der Waals surface area contributed by atoms with E-state index in [0.29, 0.717) is 18.0 Å². The molecule has 2 aliphatic rings. The molecule has 1 aromatic heterocycles. The topological polar surface area (TPSA) is 80.1 Å². The molecule has 0 atom stereocenters. The van der Waals surface area contributed by atoms with Crippen LogP contribution in [0.4, 0.5) is 0 Å². The lowest BCUT2D eigenvalue weighted by molar-refractivity contribution is 0.307. The number of rotatable bonds is 3.